The van der Waals surface area contributed by atoms with E-state index in [0.717, 1.165) is 0 Å². The summed E-state index contributed by atoms with van der Waals surface area (Å²) in [6, 6.07) is 0. The van der Waals surface area contributed by atoms with Crippen LogP contribution >= 0.6 is 0 Å². The van der Waals surface area contributed by atoms with E-state index in [1.807, 2.05) is 0 Å². The van der Waals surface area contributed by atoms with Gasteiger partial charge in [-0.3, -0.25) is 9.87 Å². The number of piperazine rings is 1. The number of nitrogens with zero attached hydrogens (tertiary/aromatic N) is 1. The van der Waals surface area contributed by atoms with Crippen LogP contribution in [0.3, 0.4) is 0 Å². The Morgan fingerprint density at radius 1 is 1.50 bits per heavy atom. The SMILES string of the molecule is NC1CN(S(=O)(=O)O)CC(O)N1. The van der Waals surface area contributed by atoms with Gasteiger partial charge < -0.3 is 10.8 Å². The first-order valence-corrected chi connectivity index (χ1v) is 4.71. The van der Waals surface area contributed by atoms with E-state index in [2.05, 4.69) is 5.32 Å². The molecule has 0 aromatic heterocycles. The van der Waals surface area contributed by atoms with Crippen molar-refractivity contribution in [1.29, 1.82) is 0 Å². The van der Waals surface area contributed by atoms with Crippen molar-refractivity contribution in [3.63, 3.8) is 0 Å². The number of hydrogen-bond acceptors (Lipinski definition) is 5. The third-order valence-corrected chi connectivity index (χ3v) is 2.46. The first-order chi connectivity index (χ1) is 5.39. The van der Waals surface area contributed by atoms with Gasteiger partial charge in [-0.15, -0.1) is 0 Å². The lowest BCUT2D eigenvalue weighted by molar-refractivity contribution is 0.0624. The summed E-state index contributed by atoms with van der Waals surface area (Å²) >= 11 is 0. The van der Waals surface area contributed by atoms with E-state index in [9.17, 15) is 8.42 Å². The van der Waals surface area contributed by atoms with Gasteiger partial charge in [-0.2, -0.15) is 12.7 Å². The van der Waals surface area contributed by atoms with Crippen molar-refractivity contribution >= 4 is 10.3 Å². The molecule has 7 nitrogen and oxygen atoms in total. The van der Waals surface area contributed by atoms with Crippen molar-refractivity contribution in [2.75, 3.05) is 13.1 Å². The highest BCUT2D eigenvalue weighted by Crippen LogP contribution is 2.03. The third kappa shape index (κ3) is 2.37. The predicted octanol–water partition coefficient (Wildman–Crippen LogP) is -2.70. The van der Waals surface area contributed by atoms with Crippen LogP contribution in [0.5, 0.6) is 0 Å². The second-order valence-corrected chi connectivity index (χ2v) is 4.00. The Morgan fingerprint density at radius 2 is 2.08 bits per heavy atom. The van der Waals surface area contributed by atoms with E-state index in [4.69, 9.17) is 15.4 Å². The molecule has 0 aromatic rings. The van der Waals surface area contributed by atoms with E-state index < -0.39 is 22.7 Å². The van der Waals surface area contributed by atoms with Crippen LogP contribution in [-0.2, 0) is 10.3 Å². The van der Waals surface area contributed by atoms with Crippen molar-refractivity contribution in [2.45, 2.75) is 12.4 Å². The molecule has 1 heterocycles. The molecule has 1 rings (SSSR count). The summed E-state index contributed by atoms with van der Waals surface area (Å²) in [5, 5.41) is 11.5. The van der Waals surface area contributed by atoms with Gasteiger partial charge in [-0.05, 0) is 0 Å². The molecule has 0 radical (unpaired) electrons. The molecule has 0 amide bonds. The minimum Gasteiger partial charge on any atom is -0.377 e. The van der Waals surface area contributed by atoms with Gasteiger partial charge in [0.25, 0.3) is 0 Å². The molecule has 0 aromatic carbocycles. The average molecular weight is 197 g/mol. The van der Waals surface area contributed by atoms with E-state index in [1.54, 1.807) is 0 Å². The summed E-state index contributed by atoms with van der Waals surface area (Å²) in [5.74, 6) is 0. The highest BCUT2D eigenvalue weighted by atomic mass is 32.2. The molecule has 5 N–H and O–H groups in total. The Kier molecular flexibility index (Phi) is 2.66. The highest BCUT2D eigenvalue weighted by molar-refractivity contribution is 7.83. The molecule has 2 unspecified atom stereocenters. The molecule has 0 spiro atoms. The Labute approximate surface area is 70.0 Å². The zero-order chi connectivity index (χ0) is 9.35. The quantitative estimate of drug-likeness (QED) is 0.340. The van der Waals surface area contributed by atoms with Crippen LogP contribution in [0, 0.1) is 0 Å². The number of aliphatic hydroxyl groups excluding tert-OH is 1. The van der Waals surface area contributed by atoms with Crippen LogP contribution in [0.25, 0.3) is 0 Å². The summed E-state index contributed by atoms with van der Waals surface area (Å²) in [6.07, 6.45) is -1.69. The van der Waals surface area contributed by atoms with Crippen LogP contribution in [-0.4, -0.2) is 47.9 Å². The maximum atomic E-state index is 10.6. The standard InChI is InChI=1S/C4H11N3O4S/c5-3-1-7(12(9,10)11)2-4(8)6-3/h3-4,6,8H,1-2,5H2,(H,9,10,11). The fraction of sp³-hybridized carbons (Fsp3) is 1.00. The second-order valence-electron chi connectivity index (χ2n) is 2.58. The minimum atomic E-state index is -4.24. The Balaban J connectivity index is 2.68. The molecular weight excluding hydrogens is 186 g/mol. The van der Waals surface area contributed by atoms with Crippen LogP contribution in [0.4, 0.5) is 0 Å². The van der Waals surface area contributed by atoms with E-state index in [0.29, 0.717) is 4.31 Å². The number of hydrogen-bond donors (Lipinski definition) is 4. The predicted molar refractivity (Wildman–Crippen MR) is 40.2 cm³/mol. The fourth-order valence-corrected chi connectivity index (χ4v) is 1.71. The molecule has 1 fully saturated rings. The molecule has 1 saturated heterocycles. The molecule has 0 aliphatic carbocycles. The van der Waals surface area contributed by atoms with Crippen LogP contribution < -0.4 is 11.1 Å². The zero-order valence-corrected chi connectivity index (χ0v) is 7.03. The lowest BCUT2D eigenvalue weighted by Gasteiger charge is -2.32. The van der Waals surface area contributed by atoms with Gasteiger partial charge in [0.05, 0.1) is 12.7 Å². The molecule has 1 aliphatic rings. The molecule has 8 heteroatoms. The summed E-state index contributed by atoms with van der Waals surface area (Å²) in [4.78, 5) is 0. The lowest BCUT2D eigenvalue weighted by atomic mass is 10.3. The van der Waals surface area contributed by atoms with Crippen molar-refractivity contribution < 1.29 is 18.1 Å². The zero-order valence-electron chi connectivity index (χ0n) is 6.21. The number of aliphatic hydroxyl groups is 1. The summed E-state index contributed by atoms with van der Waals surface area (Å²) < 4.78 is 30.4. The Bertz CT molecular complexity index is 243. The number of rotatable bonds is 1. The highest BCUT2D eigenvalue weighted by Gasteiger charge is 2.29. The summed E-state index contributed by atoms with van der Waals surface area (Å²) in [5.41, 5.74) is 5.32. The molecule has 1 aliphatic heterocycles. The van der Waals surface area contributed by atoms with Gasteiger partial charge in [-0.1, -0.05) is 0 Å². The summed E-state index contributed by atoms with van der Waals surface area (Å²) in [6.45, 7) is -0.234. The van der Waals surface area contributed by atoms with Gasteiger partial charge in [0.2, 0.25) is 0 Å². The van der Waals surface area contributed by atoms with Gasteiger partial charge in [-0.25, -0.2) is 0 Å². The normalized spacial score (nSPS) is 33.6. The second kappa shape index (κ2) is 3.24. The number of nitrogens with one attached hydrogen (secondary N) is 1. The monoisotopic (exact) mass is 197 g/mol. The van der Waals surface area contributed by atoms with E-state index in [1.165, 1.54) is 0 Å². The van der Waals surface area contributed by atoms with Crippen LogP contribution in [0.1, 0.15) is 0 Å². The summed E-state index contributed by atoms with van der Waals surface area (Å²) in [7, 11) is -4.24. The van der Waals surface area contributed by atoms with Crippen molar-refractivity contribution in [1.82, 2.24) is 9.62 Å². The van der Waals surface area contributed by atoms with E-state index >= 15 is 0 Å². The number of nitrogens with two attached hydrogens (primary N) is 1. The molecule has 72 valence electrons. The third-order valence-electron chi connectivity index (χ3n) is 1.51. The fourth-order valence-electron chi connectivity index (χ4n) is 1.03. The maximum Gasteiger partial charge on any atom is 0.336 e. The van der Waals surface area contributed by atoms with Crippen LogP contribution in [0.15, 0.2) is 0 Å². The maximum absolute atomic E-state index is 10.6. The molecule has 0 bridgehead atoms. The first-order valence-electron chi connectivity index (χ1n) is 3.32. The molecular formula is C4H11N3O4S. The van der Waals surface area contributed by atoms with Gasteiger partial charge >= 0.3 is 10.3 Å². The molecule has 0 saturated carbocycles. The minimum absolute atomic E-state index is 0.0457. The van der Waals surface area contributed by atoms with Crippen LogP contribution in [0.2, 0.25) is 0 Å². The Hall–Kier alpha value is -0.250. The lowest BCUT2D eigenvalue weighted by Crippen LogP contribution is -2.61. The topological polar surface area (TPSA) is 116 Å². The molecule has 2 atom stereocenters. The number of β-amino-alcohol motifs (C(OH)–C–C–N with tert-alkyl or cyclic N) is 1. The van der Waals surface area contributed by atoms with Crippen molar-refractivity contribution in [3.8, 4) is 0 Å². The smallest absolute Gasteiger partial charge is 0.336 e. The average Bonchev–Trinajstić information content (AvgIpc) is 1.82. The van der Waals surface area contributed by atoms with Gasteiger partial charge in [0.1, 0.15) is 6.23 Å². The van der Waals surface area contributed by atoms with Crippen molar-refractivity contribution in [3.05, 3.63) is 0 Å². The Morgan fingerprint density at radius 3 is 2.50 bits per heavy atom. The molecule has 12 heavy (non-hydrogen) atoms. The first kappa shape index (κ1) is 9.84. The largest absolute Gasteiger partial charge is 0.377 e. The van der Waals surface area contributed by atoms with Crippen molar-refractivity contribution in [2.24, 2.45) is 5.73 Å². The van der Waals surface area contributed by atoms with E-state index in [-0.39, 0.29) is 13.1 Å². The van der Waals surface area contributed by atoms with Gasteiger partial charge in [0.15, 0.2) is 0 Å². The van der Waals surface area contributed by atoms with Gasteiger partial charge in [0, 0.05) is 6.54 Å².